The molecule has 0 aromatic carbocycles. The number of hydrogen-bond acceptors (Lipinski definition) is 1. The van der Waals surface area contributed by atoms with Gasteiger partial charge in [-0.2, -0.15) is 13.2 Å². The molecule has 0 fully saturated rings. The average molecular weight is 156 g/mol. The van der Waals surface area contributed by atoms with Gasteiger partial charge in [-0.1, -0.05) is 6.92 Å². The van der Waals surface area contributed by atoms with Gasteiger partial charge in [0, 0.05) is 6.42 Å². The molecule has 1 N–H and O–H groups in total. The summed E-state index contributed by atoms with van der Waals surface area (Å²) in [4.78, 5) is 0. The Hall–Kier alpha value is -0.250. The topological polar surface area (TPSA) is 20.2 Å². The van der Waals surface area contributed by atoms with Crippen LogP contribution in [0.5, 0.6) is 0 Å². The maximum atomic E-state index is 11.4. The van der Waals surface area contributed by atoms with E-state index in [-0.39, 0.29) is 6.42 Å². The number of halogens is 3. The molecule has 0 aliphatic rings. The molecule has 4 heteroatoms. The third-order valence-electron chi connectivity index (χ3n) is 1.23. The van der Waals surface area contributed by atoms with Crippen LogP contribution in [-0.2, 0) is 0 Å². The van der Waals surface area contributed by atoms with Crippen molar-refractivity contribution < 1.29 is 18.3 Å². The van der Waals surface area contributed by atoms with E-state index < -0.39 is 18.7 Å². The molecule has 10 heavy (non-hydrogen) atoms. The van der Waals surface area contributed by atoms with Gasteiger partial charge in [0.15, 0.2) is 0 Å². The second-order valence-corrected chi connectivity index (χ2v) is 2.22. The van der Waals surface area contributed by atoms with Crippen LogP contribution in [-0.4, -0.2) is 17.4 Å². The largest absolute Gasteiger partial charge is 0.393 e. The van der Waals surface area contributed by atoms with Crippen molar-refractivity contribution in [2.75, 3.05) is 0 Å². The van der Waals surface area contributed by atoms with E-state index in [9.17, 15) is 13.2 Å². The molecule has 0 aromatic rings. The summed E-state index contributed by atoms with van der Waals surface area (Å²) < 4.78 is 34.3. The first-order valence-corrected chi connectivity index (χ1v) is 3.20. The van der Waals surface area contributed by atoms with E-state index in [0.29, 0.717) is 6.42 Å². The van der Waals surface area contributed by atoms with Crippen molar-refractivity contribution >= 4 is 0 Å². The summed E-state index contributed by atoms with van der Waals surface area (Å²) in [7, 11) is 0. The van der Waals surface area contributed by atoms with E-state index in [0.717, 1.165) is 0 Å². The molecule has 0 heterocycles. The lowest BCUT2D eigenvalue weighted by Gasteiger charge is -2.09. The fourth-order valence-electron chi connectivity index (χ4n) is 0.534. The van der Waals surface area contributed by atoms with E-state index >= 15 is 0 Å². The monoisotopic (exact) mass is 156 g/mol. The Kier molecular flexibility index (Phi) is 3.71. The van der Waals surface area contributed by atoms with Crippen molar-refractivity contribution in [3.63, 3.8) is 0 Å². The highest BCUT2D eigenvalue weighted by Crippen LogP contribution is 2.22. The van der Waals surface area contributed by atoms with E-state index in [1.807, 2.05) is 0 Å². The molecule has 0 aromatic heterocycles. The van der Waals surface area contributed by atoms with Gasteiger partial charge in [0.05, 0.1) is 6.10 Å². The maximum absolute atomic E-state index is 11.4. The smallest absolute Gasteiger partial charge is 0.389 e. The Morgan fingerprint density at radius 2 is 1.90 bits per heavy atom. The Bertz CT molecular complexity index is 89.5. The zero-order valence-corrected chi connectivity index (χ0v) is 5.78. The third-order valence-corrected chi connectivity index (χ3v) is 1.23. The first-order chi connectivity index (χ1) is 4.45. The van der Waals surface area contributed by atoms with E-state index in [4.69, 9.17) is 5.11 Å². The lowest BCUT2D eigenvalue weighted by molar-refractivity contribution is -0.140. The van der Waals surface area contributed by atoms with Gasteiger partial charge in [0.1, 0.15) is 0 Å². The number of rotatable bonds is 3. The molecule has 0 radical (unpaired) electrons. The van der Waals surface area contributed by atoms with Gasteiger partial charge in [-0.3, -0.25) is 0 Å². The summed E-state index contributed by atoms with van der Waals surface area (Å²) in [6.07, 6.45) is -5.62. The zero-order chi connectivity index (χ0) is 8.20. The van der Waals surface area contributed by atoms with Crippen molar-refractivity contribution in [2.24, 2.45) is 0 Å². The molecular formula is C6H11F3O. The van der Waals surface area contributed by atoms with Gasteiger partial charge in [-0.05, 0) is 12.8 Å². The standard InChI is InChI=1S/C6H11F3O/c1-2-5(10)3-4-6(7,8)9/h5,10H,2-4H2,1H3. The first-order valence-electron chi connectivity index (χ1n) is 3.20. The summed E-state index contributed by atoms with van der Waals surface area (Å²) in [5, 5.41) is 8.72. The molecule has 0 amide bonds. The molecule has 0 aliphatic carbocycles. The minimum absolute atomic E-state index is 0.181. The van der Waals surface area contributed by atoms with Crippen LogP contribution < -0.4 is 0 Å². The lowest BCUT2D eigenvalue weighted by Crippen LogP contribution is -2.13. The van der Waals surface area contributed by atoms with Crippen molar-refractivity contribution in [3.8, 4) is 0 Å². The van der Waals surface area contributed by atoms with Gasteiger partial charge < -0.3 is 5.11 Å². The van der Waals surface area contributed by atoms with Crippen LogP contribution in [0.15, 0.2) is 0 Å². The van der Waals surface area contributed by atoms with Gasteiger partial charge in [-0.25, -0.2) is 0 Å². The molecule has 0 saturated heterocycles. The quantitative estimate of drug-likeness (QED) is 0.663. The zero-order valence-electron chi connectivity index (χ0n) is 5.78. The average Bonchev–Trinajstić information content (AvgIpc) is 1.81. The highest BCUT2D eigenvalue weighted by Gasteiger charge is 2.27. The van der Waals surface area contributed by atoms with Crippen LogP contribution in [0.25, 0.3) is 0 Å². The van der Waals surface area contributed by atoms with Crippen molar-refractivity contribution in [3.05, 3.63) is 0 Å². The third kappa shape index (κ3) is 5.88. The summed E-state index contributed by atoms with van der Waals surface area (Å²) >= 11 is 0. The van der Waals surface area contributed by atoms with Crippen LogP contribution in [0.4, 0.5) is 13.2 Å². The van der Waals surface area contributed by atoms with E-state index in [1.165, 1.54) is 0 Å². The summed E-state index contributed by atoms with van der Waals surface area (Å²) in [5.41, 5.74) is 0. The number of aliphatic hydroxyl groups excluding tert-OH is 1. The molecule has 0 rings (SSSR count). The Morgan fingerprint density at radius 1 is 1.40 bits per heavy atom. The predicted molar refractivity (Wildman–Crippen MR) is 31.6 cm³/mol. The van der Waals surface area contributed by atoms with Crippen molar-refractivity contribution in [1.82, 2.24) is 0 Å². The summed E-state index contributed by atoms with van der Waals surface area (Å²) in [6.45, 7) is 1.65. The van der Waals surface area contributed by atoms with Crippen molar-refractivity contribution in [1.29, 1.82) is 0 Å². The molecule has 1 unspecified atom stereocenters. The molecule has 1 atom stereocenters. The Labute approximate surface area is 57.9 Å². The van der Waals surface area contributed by atoms with Crippen LogP contribution in [0, 0.1) is 0 Å². The Morgan fingerprint density at radius 3 is 2.20 bits per heavy atom. The normalized spacial score (nSPS) is 15.3. The van der Waals surface area contributed by atoms with Gasteiger partial charge in [-0.15, -0.1) is 0 Å². The maximum Gasteiger partial charge on any atom is 0.389 e. The van der Waals surface area contributed by atoms with Gasteiger partial charge in [0.25, 0.3) is 0 Å². The lowest BCUT2D eigenvalue weighted by atomic mass is 10.1. The second-order valence-electron chi connectivity index (χ2n) is 2.22. The van der Waals surface area contributed by atoms with Gasteiger partial charge in [0.2, 0.25) is 0 Å². The number of hydrogen-bond donors (Lipinski definition) is 1. The molecule has 0 bridgehead atoms. The van der Waals surface area contributed by atoms with Crippen LogP contribution in [0.3, 0.4) is 0 Å². The van der Waals surface area contributed by atoms with E-state index in [2.05, 4.69) is 0 Å². The molecular weight excluding hydrogens is 145 g/mol. The predicted octanol–water partition coefficient (Wildman–Crippen LogP) is 2.10. The van der Waals surface area contributed by atoms with Crippen molar-refractivity contribution in [2.45, 2.75) is 38.5 Å². The first kappa shape index (κ1) is 9.75. The fourth-order valence-corrected chi connectivity index (χ4v) is 0.534. The van der Waals surface area contributed by atoms with E-state index in [1.54, 1.807) is 6.92 Å². The van der Waals surface area contributed by atoms with Crippen LogP contribution >= 0.6 is 0 Å². The minimum atomic E-state index is -4.13. The Balaban J connectivity index is 3.36. The number of alkyl halides is 3. The minimum Gasteiger partial charge on any atom is -0.393 e. The molecule has 0 aliphatic heterocycles. The molecule has 62 valence electrons. The van der Waals surface area contributed by atoms with Gasteiger partial charge >= 0.3 is 6.18 Å². The highest BCUT2D eigenvalue weighted by molar-refractivity contribution is 4.57. The fraction of sp³-hybridized carbons (Fsp3) is 1.00. The molecule has 0 saturated carbocycles. The second kappa shape index (κ2) is 3.81. The van der Waals surface area contributed by atoms with Crippen LogP contribution in [0.2, 0.25) is 0 Å². The SMILES string of the molecule is CCC(O)CCC(F)(F)F. The molecule has 1 nitrogen and oxygen atoms in total. The highest BCUT2D eigenvalue weighted by atomic mass is 19.4. The summed E-state index contributed by atoms with van der Waals surface area (Å²) in [5.74, 6) is 0. The number of aliphatic hydroxyl groups is 1. The van der Waals surface area contributed by atoms with Crippen LogP contribution in [0.1, 0.15) is 26.2 Å². The molecule has 0 spiro atoms. The summed E-state index contributed by atoms with van der Waals surface area (Å²) in [6, 6.07) is 0.